The highest BCUT2D eigenvalue weighted by Crippen LogP contribution is 2.39. The van der Waals surface area contributed by atoms with E-state index in [1.54, 1.807) is 4.68 Å². The van der Waals surface area contributed by atoms with Gasteiger partial charge >= 0.3 is 0 Å². The first-order chi connectivity index (χ1) is 5.29. The molecule has 1 aliphatic carbocycles. The monoisotopic (exact) mass is 152 g/mol. The van der Waals surface area contributed by atoms with Gasteiger partial charge < -0.3 is 5.11 Å². The van der Waals surface area contributed by atoms with Gasteiger partial charge in [-0.1, -0.05) is 6.42 Å². The quantitative estimate of drug-likeness (QED) is 0.660. The first-order valence-electron chi connectivity index (χ1n) is 4.00. The van der Waals surface area contributed by atoms with Crippen LogP contribution < -0.4 is 0 Å². The molecule has 3 heteroatoms. The van der Waals surface area contributed by atoms with Crippen LogP contribution >= 0.6 is 0 Å². The number of rotatable bonds is 1. The molecule has 0 amide bonds. The van der Waals surface area contributed by atoms with E-state index in [1.165, 1.54) is 25.5 Å². The lowest BCUT2D eigenvalue weighted by Gasteiger charge is -2.25. The molecule has 60 valence electrons. The van der Waals surface area contributed by atoms with E-state index in [4.69, 9.17) is 0 Å². The summed E-state index contributed by atoms with van der Waals surface area (Å²) in [4.78, 5) is 0. The van der Waals surface area contributed by atoms with E-state index in [0.717, 1.165) is 5.69 Å². The standard InChI is InChI=1S/C8H12N2O/c1-10-8(6-3-2-4-6)7(11)5-9-10/h5-6,11H,2-4H2,1H3. The Bertz CT molecular complexity index is 244. The smallest absolute Gasteiger partial charge is 0.157 e. The van der Waals surface area contributed by atoms with E-state index >= 15 is 0 Å². The Labute approximate surface area is 65.7 Å². The molecule has 2 rings (SSSR count). The van der Waals surface area contributed by atoms with Crippen LogP contribution in [0.15, 0.2) is 6.20 Å². The van der Waals surface area contributed by atoms with Crippen LogP contribution in [-0.2, 0) is 7.05 Å². The molecule has 1 aliphatic rings. The van der Waals surface area contributed by atoms with Crippen molar-refractivity contribution in [2.75, 3.05) is 0 Å². The van der Waals surface area contributed by atoms with Gasteiger partial charge in [0.1, 0.15) is 0 Å². The maximum atomic E-state index is 9.38. The van der Waals surface area contributed by atoms with Crippen LogP contribution in [0.25, 0.3) is 0 Å². The van der Waals surface area contributed by atoms with E-state index < -0.39 is 0 Å². The third-order valence-electron chi connectivity index (χ3n) is 2.46. The molecule has 3 nitrogen and oxygen atoms in total. The van der Waals surface area contributed by atoms with E-state index in [1.807, 2.05) is 7.05 Å². The molecule has 0 atom stereocenters. The number of aryl methyl sites for hydroxylation is 1. The third-order valence-corrected chi connectivity index (χ3v) is 2.46. The Balaban J connectivity index is 2.33. The molecule has 0 unspecified atom stereocenters. The highest BCUT2D eigenvalue weighted by atomic mass is 16.3. The minimum absolute atomic E-state index is 0.359. The van der Waals surface area contributed by atoms with Gasteiger partial charge in [-0.15, -0.1) is 0 Å². The zero-order valence-electron chi connectivity index (χ0n) is 6.62. The molecule has 1 aromatic heterocycles. The molecule has 1 fully saturated rings. The van der Waals surface area contributed by atoms with Crippen molar-refractivity contribution in [1.29, 1.82) is 0 Å². The van der Waals surface area contributed by atoms with Gasteiger partial charge in [0, 0.05) is 13.0 Å². The summed E-state index contributed by atoms with van der Waals surface area (Å²) < 4.78 is 1.78. The minimum Gasteiger partial charge on any atom is -0.504 e. The number of aromatic hydroxyl groups is 1. The molecule has 1 N–H and O–H groups in total. The predicted octanol–water partition coefficient (Wildman–Crippen LogP) is 1.39. The van der Waals surface area contributed by atoms with Crippen LogP contribution in [0.2, 0.25) is 0 Å². The lowest BCUT2D eigenvalue weighted by Crippen LogP contribution is -2.13. The second-order valence-electron chi connectivity index (χ2n) is 3.17. The summed E-state index contributed by atoms with van der Waals surface area (Å²) in [6, 6.07) is 0. The van der Waals surface area contributed by atoms with Gasteiger partial charge in [-0.3, -0.25) is 4.68 Å². The molecule has 11 heavy (non-hydrogen) atoms. The fourth-order valence-corrected chi connectivity index (χ4v) is 1.59. The van der Waals surface area contributed by atoms with Gasteiger partial charge in [-0.2, -0.15) is 5.10 Å². The fourth-order valence-electron chi connectivity index (χ4n) is 1.59. The van der Waals surface area contributed by atoms with Crippen molar-refractivity contribution >= 4 is 0 Å². The average Bonchev–Trinajstić information content (AvgIpc) is 2.15. The zero-order valence-corrected chi connectivity index (χ0v) is 6.62. The molecule has 1 saturated carbocycles. The molecule has 0 radical (unpaired) electrons. The van der Waals surface area contributed by atoms with Crippen LogP contribution in [0, 0.1) is 0 Å². The van der Waals surface area contributed by atoms with Crippen LogP contribution in [0.4, 0.5) is 0 Å². The molecule has 0 spiro atoms. The van der Waals surface area contributed by atoms with Crippen molar-refractivity contribution in [3.8, 4) is 5.75 Å². The predicted molar refractivity (Wildman–Crippen MR) is 41.5 cm³/mol. The summed E-state index contributed by atoms with van der Waals surface area (Å²) in [7, 11) is 1.88. The Morgan fingerprint density at radius 1 is 1.64 bits per heavy atom. The molecule has 0 bridgehead atoms. The fraction of sp³-hybridized carbons (Fsp3) is 0.625. The summed E-state index contributed by atoms with van der Waals surface area (Å²) >= 11 is 0. The molecule has 1 aromatic rings. The van der Waals surface area contributed by atoms with Gasteiger partial charge in [0.2, 0.25) is 0 Å². The van der Waals surface area contributed by atoms with Crippen molar-refractivity contribution in [3.05, 3.63) is 11.9 Å². The lowest BCUT2D eigenvalue weighted by atomic mass is 9.82. The van der Waals surface area contributed by atoms with Gasteiger partial charge in [0.25, 0.3) is 0 Å². The zero-order chi connectivity index (χ0) is 7.84. The normalized spacial score (nSPS) is 18.3. The number of nitrogens with zero attached hydrogens (tertiary/aromatic N) is 2. The molecule has 0 aromatic carbocycles. The van der Waals surface area contributed by atoms with Crippen molar-refractivity contribution in [2.45, 2.75) is 25.2 Å². The number of hydrogen-bond donors (Lipinski definition) is 1. The topological polar surface area (TPSA) is 38.0 Å². The molecular formula is C8H12N2O. The first-order valence-corrected chi connectivity index (χ1v) is 4.00. The van der Waals surface area contributed by atoms with Crippen molar-refractivity contribution in [1.82, 2.24) is 9.78 Å². The largest absolute Gasteiger partial charge is 0.504 e. The molecule has 0 saturated heterocycles. The molecule has 1 heterocycles. The Morgan fingerprint density at radius 2 is 2.36 bits per heavy atom. The molecule has 0 aliphatic heterocycles. The summed E-state index contributed by atoms with van der Waals surface area (Å²) in [5.41, 5.74) is 1.01. The number of aromatic nitrogens is 2. The SMILES string of the molecule is Cn1ncc(O)c1C1CCC1. The van der Waals surface area contributed by atoms with Gasteiger partial charge in [-0.25, -0.2) is 0 Å². The summed E-state index contributed by atoms with van der Waals surface area (Å²) in [6.45, 7) is 0. The highest BCUT2D eigenvalue weighted by molar-refractivity contribution is 5.28. The Kier molecular flexibility index (Phi) is 1.37. The van der Waals surface area contributed by atoms with Gasteiger partial charge in [0.15, 0.2) is 5.75 Å². The van der Waals surface area contributed by atoms with Crippen LogP contribution in [0.3, 0.4) is 0 Å². The van der Waals surface area contributed by atoms with E-state index in [2.05, 4.69) is 5.10 Å². The van der Waals surface area contributed by atoms with Gasteiger partial charge in [-0.05, 0) is 12.8 Å². The van der Waals surface area contributed by atoms with Crippen LogP contribution in [-0.4, -0.2) is 14.9 Å². The van der Waals surface area contributed by atoms with Crippen molar-refractivity contribution in [3.63, 3.8) is 0 Å². The third kappa shape index (κ3) is 0.914. The summed E-state index contributed by atoms with van der Waals surface area (Å²) in [6.07, 6.45) is 5.21. The van der Waals surface area contributed by atoms with E-state index in [-0.39, 0.29) is 0 Å². The van der Waals surface area contributed by atoms with Crippen LogP contribution in [0.1, 0.15) is 30.9 Å². The maximum Gasteiger partial charge on any atom is 0.157 e. The summed E-state index contributed by atoms with van der Waals surface area (Å²) in [5.74, 6) is 0.916. The van der Waals surface area contributed by atoms with Crippen molar-refractivity contribution < 1.29 is 5.11 Å². The molecular weight excluding hydrogens is 140 g/mol. The highest BCUT2D eigenvalue weighted by Gasteiger charge is 2.25. The maximum absolute atomic E-state index is 9.38. The van der Waals surface area contributed by atoms with E-state index in [0.29, 0.717) is 11.7 Å². The second kappa shape index (κ2) is 2.26. The second-order valence-corrected chi connectivity index (χ2v) is 3.17. The lowest BCUT2D eigenvalue weighted by molar-refractivity contribution is 0.375. The van der Waals surface area contributed by atoms with E-state index in [9.17, 15) is 5.11 Å². The Hall–Kier alpha value is -0.990. The number of hydrogen-bond acceptors (Lipinski definition) is 2. The minimum atomic E-state index is 0.359. The van der Waals surface area contributed by atoms with Gasteiger partial charge in [0.05, 0.1) is 11.9 Å². The first kappa shape index (κ1) is 6.70. The Morgan fingerprint density at radius 3 is 2.73 bits per heavy atom. The van der Waals surface area contributed by atoms with Crippen molar-refractivity contribution in [2.24, 2.45) is 7.05 Å². The average molecular weight is 152 g/mol. The van der Waals surface area contributed by atoms with Crippen LogP contribution in [0.5, 0.6) is 5.75 Å². The summed E-state index contributed by atoms with van der Waals surface area (Å²) in [5, 5.41) is 13.4.